The maximum Gasteiger partial charge on any atom is 0.258 e. The van der Waals surface area contributed by atoms with E-state index in [4.69, 9.17) is 0 Å². The van der Waals surface area contributed by atoms with E-state index in [1.54, 1.807) is 26.0 Å². The maximum atomic E-state index is 14.7. The maximum absolute atomic E-state index is 14.7. The molecule has 0 radical (unpaired) electrons. The van der Waals surface area contributed by atoms with E-state index in [9.17, 15) is 9.18 Å². The molecule has 3 rings (SSSR count). The minimum Gasteiger partial charge on any atom is -0.369 e. The molecular weight excluding hydrogens is 319 g/mol. The summed E-state index contributed by atoms with van der Waals surface area (Å²) >= 11 is 0. The summed E-state index contributed by atoms with van der Waals surface area (Å²) in [5, 5.41) is 0. The zero-order chi connectivity index (χ0) is 18.1. The number of rotatable bonds is 3. The van der Waals surface area contributed by atoms with Gasteiger partial charge in [0, 0.05) is 37.0 Å². The first-order valence-electron chi connectivity index (χ1n) is 8.65. The summed E-state index contributed by atoms with van der Waals surface area (Å²) in [6.07, 6.45) is 2.04. The van der Waals surface area contributed by atoms with Crippen molar-refractivity contribution in [3.63, 3.8) is 0 Å². The lowest BCUT2D eigenvalue weighted by Gasteiger charge is -2.36. The highest BCUT2D eigenvalue weighted by molar-refractivity contribution is 5.53. The van der Waals surface area contributed by atoms with Gasteiger partial charge in [0.2, 0.25) is 0 Å². The molecule has 0 aliphatic carbocycles. The molecule has 1 aromatic heterocycles. The molecule has 0 atom stereocenters. The zero-order valence-electron chi connectivity index (χ0n) is 15.3. The smallest absolute Gasteiger partial charge is 0.258 e. The Morgan fingerprint density at radius 3 is 2.40 bits per heavy atom. The van der Waals surface area contributed by atoms with Gasteiger partial charge in [-0.3, -0.25) is 9.36 Å². The molecule has 0 saturated carbocycles. The Balaban J connectivity index is 1.87. The molecule has 1 fully saturated rings. The molecule has 1 saturated heterocycles. The van der Waals surface area contributed by atoms with Crippen LogP contribution < -0.4 is 10.5 Å². The summed E-state index contributed by atoms with van der Waals surface area (Å²) in [6.45, 7) is 5.21. The number of hydrogen-bond acceptors (Lipinski definition) is 4. The Hall–Kier alpha value is -2.21. The number of aromatic nitrogens is 2. The van der Waals surface area contributed by atoms with Crippen LogP contribution >= 0.6 is 0 Å². The number of nitrogens with zero attached hydrogens (tertiary/aromatic N) is 4. The SMILES string of the molecule is Cc1cc(=O)n(-c2ccc(N3CCC(N(C)C)CC3)c(F)c2)c(C)n1. The van der Waals surface area contributed by atoms with Crippen molar-refractivity contribution in [2.24, 2.45) is 0 Å². The molecule has 1 aliphatic heterocycles. The Morgan fingerprint density at radius 2 is 1.84 bits per heavy atom. The average Bonchev–Trinajstić information content (AvgIpc) is 2.54. The molecule has 25 heavy (non-hydrogen) atoms. The van der Waals surface area contributed by atoms with Crippen molar-refractivity contribution in [2.75, 3.05) is 32.1 Å². The highest BCUT2D eigenvalue weighted by Crippen LogP contribution is 2.26. The Bertz CT molecular complexity index is 823. The van der Waals surface area contributed by atoms with Crippen molar-refractivity contribution in [3.05, 3.63) is 52.0 Å². The van der Waals surface area contributed by atoms with Gasteiger partial charge >= 0.3 is 0 Å². The molecule has 6 heteroatoms. The van der Waals surface area contributed by atoms with Crippen LogP contribution in [0.1, 0.15) is 24.4 Å². The zero-order valence-corrected chi connectivity index (χ0v) is 15.3. The van der Waals surface area contributed by atoms with Gasteiger partial charge in [0.25, 0.3) is 5.56 Å². The van der Waals surface area contributed by atoms with E-state index in [0.29, 0.717) is 28.9 Å². The number of aryl methyl sites for hydroxylation is 2. The van der Waals surface area contributed by atoms with Crippen LogP contribution in [0, 0.1) is 19.7 Å². The van der Waals surface area contributed by atoms with Crippen LogP contribution in [0.5, 0.6) is 0 Å². The number of benzene rings is 1. The molecule has 1 aromatic carbocycles. The Labute approximate surface area is 147 Å². The fraction of sp³-hybridized carbons (Fsp3) is 0.474. The van der Waals surface area contributed by atoms with E-state index in [1.165, 1.54) is 16.7 Å². The number of piperidine rings is 1. The van der Waals surface area contributed by atoms with Crippen LogP contribution in [0.25, 0.3) is 5.69 Å². The van der Waals surface area contributed by atoms with Gasteiger partial charge in [-0.05, 0) is 52.9 Å². The summed E-state index contributed by atoms with van der Waals surface area (Å²) in [5.41, 5.74) is 1.59. The predicted octanol–water partition coefficient (Wildman–Crippen LogP) is 2.52. The molecular formula is C19H25FN4O. The Kier molecular flexibility index (Phi) is 4.90. The lowest BCUT2D eigenvalue weighted by atomic mass is 10.0. The van der Waals surface area contributed by atoms with Crippen molar-refractivity contribution in [1.82, 2.24) is 14.5 Å². The fourth-order valence-corrected chi connectivity index (χ4v) is 3.57. The second kappa shape index (κ2) is 6.96. The molecule has 134 valence electrons. The molecule has 0 unspecified atom stereocenters. The predicted molar refractivity (Wildman–Crippen MR) is 98.2 cm³/mol. The van der Waals surface area contributed by atoms with Crippen LogP contribution in [0.4, 0.5) is 10.1 Å². The number of halogens is 1. The summed E-state index contributed by atoms with van der Waals surface area (Å²) in [5.74, 6) is 0.261. The lowest BCUT2D eigenvalue weighted by Crippen LogP contribution is -2.42. The summed E-state index contributed by atoms with van der Waals surface area (Å²) < 4.78 is 16.2. The molecule has 0 amide bonds. The van der Waals surface area contributed by atoms with Gasteiger partial charge in [-0.15, -0.1) is 0 Å². The van der Waals surface area contributed by atoms with E-state index in [2.05, 4.69) is 28.9 Å². The molecule has 1 aliphatic rings. The highest BCUT2D eigenvalue weighted by atomic mass is 19.1. The van der Waals surface area contributed by atoms with Gasteiger partial charge in [0.15, 0.2) is 0 Å². The van der Waals surface area contributed by atoms with Crippen molar-refractivity contribution in [3.8, 4) is 5.69 Å². The third-order valence-electron chi connectivity index (χ3n) is 4.94. The first kappa shape index (κ1) is 17.6. The van der Waals surface area contributed by atoms with Crippen molar-refractivity contribution >= 4 is 5.69 Å². The van der Waals surface area contributed by atoms with Gasteiger partial charge in [-0.2, -0.15) is 0 Å². The van der Waals surface area contributed by atoms with Gasteiger partial charge in [-0.25, -0.2) is 9.37 Å². The molecule has 0 spiro atoms. The largest absolute Gasteiger partial charge is 0.369 e. The van der Waals surface area contributed by atoms with E-state index < -0.39 is 0 Å². The second-order valence-corrected chi connectivity index (χ2v) is 6.94. The van der Waals surface area contributed by atoms with E-state index in [1.807, 2.05) is 0 Å². The molecule has 0 bridgehead atoms. The van der Waals surface area contributed by atoms with Gasteiger partial charge in [-0.1, -0.05) is 0 Å². The third kappa shape index (κ3) is 3.58. The molecule has 0 N–H and O–H groups in total. The third-order valence-corrected chi connectivity index (χ3v) is 4.94. The minimum atomic E-state index is -0.298. The summed E-state index contributed by atoms with van der Waals surface area (Å²) in [7, 11) is 4.18. The van der Waals surface area contributed by atoms with Crippen molar-refractivity contribution < 1.29 is 4.39 Å². The lowest BCUT2D eigenvalue weighted by molar-refractivity contribution is 0.249. The summed E-state index contributed by atoms with van der Waals surface area (Å²) in [6, 6.07) is 7.01. The minimum absolute atomic E-state index is 0.191. The average molecular weight is 344 g/mol. The van der Waals surface area contributed by atoms with Crippen LogP contribution in [-0.4, -0.2) is 47.7 Å². The highest BCUT2D eigenvalue weighted by Gasteiger charge is 2.22. The van der Waals surface area contributed by atoms with E-state index in [0.717, 1.165) is 25.9 Å². The first-order valence-corrected chi connectivity index (χ1v) is 8.65. The summed E-state index contributed by atoms with van der Waals surface area (Å²) in [4.78, 5) is 20.9. The number of anilines is 1. The molecule has 2 heterocycles. The van der Waals surface area contributed by atoms with Gasteiger partial charge in [0.1, 0.15) is 11.6 Å². The number of hydrogen-bond donors (Lipinski definition) is 0. The van der Waals surface area contributed by atoms with E-state index in [-0.39, 0.29) is 11.4 Å². The van der Waals surface area contributed by atoms with E-state index >= 15 is 0 Å². The standard InChI is InChI=1S/C19H25FN4O/c1-13-11-19(25)24(14(2)21-13)16-5-6-18(17(20)12-16)23-9-7-15(8-10-23)22(3)4/h5-6,11-12,15H,7-10H2,1-4H3. The van der Waals surface area contributed by atoms with Gasteiger partial charge in [0.05, 0.1) is 11.4 Å². The Morgan fingerprint density at radius 1 is 1.16 bits per heavy atom. The fourth-order valence-electron chi connectivity index (χ4n) is 3.57. The topological polar surface area (TPSA) is 41.4 Å². The van der Waals surface area contributed by atoms with Crippen molar-refractivity contribution in [1.29, 1.82) is 0 Å². The quantitative estimate of drug-likeness (QED) is 0.858. The van der Waals surface area contributed by atoms with Crippen LogP contribution in [0.15, 0.2) is 29.1 Å². The van der Waals surface area contributed by atoms with Gasteiger partial charge < -0.3 is 9.80 Å². The second-order valence-electron chi connectivity index (χ2n) is 6.94. The monoisotopic (exact) mass is 344 g/mol. The first-order chi connectivity index (χ1) is 11.9. The van der Waals surface area contributed by atoms with Crippen LogP contribution in [-0.2, 0) is 0 Å². The van der Waals surface area contributed by atoms with Crippen LogP contribution in [0.3, 0.4) is 0 Å². The molecule has 2 aromatic rings. The van der Waals surface area contributed by atoms with Crippen LogP contribution in [0.2, 0.25) is 0 Å². The normalized spacial score (nSPS) is 15.8. The molecule has 5 nitrogen and oxygen atoms in total. The van der Waals surface area contributed by atoms with Crippen molar-refractivity contribution in [2.45, 2.75) is 32.7 Å².